The van der Waals surface area contributed by atoms with Gasteiger partial charge in [0.2, 0.25) is 0 Å². The summed E-state index contributed by atoms with van der Waals surface area (Å²) in [5.41, 5.74) is 0. The predicted octanol–water partition coefficient (Wildman–Crippen LogP) is 2.62. The van der Waals surface area contributed by atoms with Gasteiger partial charge in [-0.15, -0.1) is 20.8 Å². The van der Waals surface area contributed by atoms with Gasteiger partial charge in [-0.1, -0.05) is 19.8 Å². The van der Waals surface area contributed by atoms with Crippen LogP contribution in [-0.2, 0) is 0 Å². The molecule has 2 unspecified atom stereocenters. The van der Waals surface area contributed by atoms with Gasteiger partial charge in [-0.3, -0.25) is 0 Å². The quantitative estimate of drug-likeness (QED) is 0.416. The lowest BCUT2D eigenvalue weighted by Gasteiger charge is -1.96. The average Bonchev–Trinajstić information content (AvgIpc) is 1.61. The van der Waals surface area contributed by atoms with Gasteiger partial charge in [0.25, 0.3) is 0 Å². The first-order chi connectivity index (χ1) is 3.27. The fraction of sp³-hybridized carbons (Fsp3) is 1.00. The third kappa shape index (κ3) is 6.72. The molecule has 0 aromatic carbocycles. The van der Waals surface area contributed by atoms with Crippen molar-refractivity contribution in [2.75, 3.05) is 0 Å². The smallest absolute Gasteiger partial charge is 0.0476 e. The predicted molar refractivity (Wildman–Crippen MR) is 38.9 cm³/mol. The molecule has 0 radical (unpaired) electrons. The van der Waals surface area contributed by atoms with E-state index in [2.05, 4.69) is 16.2 Å². The molecule has 0 saturated heterocycles. The summed E-state index contributed by atoms with van der Waals surface area (Å²) in [5, 5.41) is 0.292. The van der Waals surface area contributed by atoms with Crippen LogP contribution < -0.4 is 0 Å². The monoisotopic (exact) mass is 138 g/mol. The molecular formula is C5H12ClP. The van der Waals surface area contributed by atoms with E-state index < -0.39 is 0 Å². The first-order valence-corrected chi connectivity index (χ1v) is 3.77. The van der Waals surface area contributed by atoms with Crippen molar-refractivity contribution in [2.45, 2.75) is 31.3 Å². The Morgan fingerprint density at radius 3 is 2.43 bits per heavy atom. The van der Waals surface area contributed by atoms with Gasteiger partial charge in [-0.2, -0.15) is 0 Å². The van der Waals surface area contributed by atoms with Gasteiger partial charge in [0.05, 0.1) is 0 Å². The number of hydrogen-bond donors (Lipinski definition) is 0. The highest BCUT2D eigenvalue weighted by Crippen LogP contribution is 2.12. The highest BCUT2D eigenvalue weighted by atomic mass is 35.5. The summed E-state index contributed by atoms with van der Waals surface area (Å²) in [6.45, 7) is 2.17. The van der Waals surface area contributed by atoms with Crippen LogP contribution in [0.15, 0.2) is 0 Å². The van der Waals surface area contributed by atoms with Gasteiger partial charge in [0, 0.05) is 5.12 Å². The lowest BCUT2D eigenvalue weighted by atomic mass is 10.3. The van der Waals surface area contributed by atoms with E-state index >= 15 is 0 Å². The molecule has 0 heterocycles. The van der Waals surface area contributed by atoms with Gasteiger partial charge < -0.3 is 0 Å². The lowest BCUT2D eigenvalue weighted by Crippen LogP contribution is -1.82. The van der Waals surface area contributed by atoms with Crippen LogP contribution in [0.5, 0.6) is 0 Å². The van der Waals surface area contributed by atoms with Crippen LogP contribution in [0.25, 0.3) is 0 Å². The SMILES string of the molecule is CCCCC(P)Cl. The molecule has 7 heavy (non-hydrogen) atoms. The van der Waals surface area contributed by atoms with E-state index in [1.165, 1.54) is 12.8 Å². The number of unbranched alkanes of at least 4 members (excludes halogenated alkanes) is 1. The number of alkyl halides is 1. The van der Waals surface area contributed by atoms with Crippen molar-refractivity contribution < 1.29 is 0 Å². The maximum Gasteiger partial charge on any atom is 0.0476 e. The summed E-state index contributed by atoms with van der Waals surface area (Å²) in [6.07, 6.45) is 3.62. The van der Waals surface area contributed by atoms with Crippen molar-refractivity contribution in [2.24, 2.45) is 0 Å². The second kappa shape index (κ2) is 4.87. The standard InChI is InChI=1S/C5H12ClP/c1-2-3-4-5(6)7/h5H,2-4,7H2,1H3. The summed E-state index contributed by atoms with van der Waals surface area (Å²) in [5.74, 6) is 0. The highest BCUT2D eigenvalue weighted by molar-refractivity contribution is 7.21. The fourth-order valence-corrected chi connectivity index (χ4v) is 0.789. The first kappa shape index (κ1) is 7.72. The minimum absolute atomic E-state index is 0.292. The van der Waals surface area contributed by atoms with Crippen LogP contribution in [0, 0.1) is 0 Å². The lowest BCUT2D eigenvalue weighted by molar-refractivity contribution is 0.760. The van der Waals surface area contributed by atoms with Gasteiger partial charge in [-0.25, -0.2) is 0 Å². The molecule has 0 fully saturated rings. The molecule has 0 aliphatic heterocycles. The Kier molecular flexibility index (Phi) is 5.37. The van der Waals surface area contributed by atoms with Crippen molar-refractivity contribution >= 4 is 20.8 Å². The first-order valence-electron chi connectivity index (χ1n) is 2.67. The van der Waals surface area contributed by atoms with E-state index in [9.17, 15) is 0 Å². The molecule has 0 saturated carbocycles. The van der Waals surface area contributed by atoms with Crippen LogP contribution in [0.2, 0.25) is 0 Å². The second-order valence-corrected chi connectivity index (χ2v) is 3.45. The van der Waals surface area contributed by atoms with Gasteiger partial charge in [0.15, 0.2) is 0 Å². The van der Waals surface area contributed by atoms with Crippen LogP contribution in [0.1, 0.15) is 26.2 Å². The normalized spacial score (nSPS) is 14.1. The maximum absolute atomic E-state index is 5.62. The fourth-order valence-electron chi connectivity index (χ4n) is 0.399. The topological polar surface area (TPSA) is 0 Å². The Hall–Kier alpha value is 0.720. The Morgan fingerprint density at radius 2 is 2.29 bits per heavy atom. The number of rotatable bonds is 3. The number of hydrogen-bond acceptors (Lipinski definition) is 0. The zero-order chi connectivity index (χ0) is 5.70. The Morgan fingerprint density at radius 1 is 1.71 bits per heavy atom. The Labute approximate surface area is 52.8 Å². The van der Waals surface area contributed by atoms with E-state index in [4.69, 9.17) is 11.6 Å². The Balaban J connectivity index is 2.68. The Bertz CT molecular complexity index is 37.1. The minimum atomic E-state index is 0.292. The van der Waals surface area contributed by atoms with E-state index in [1.54, 1.807) is 0 Å². The highest BCUT2D eigenvalue weighted by Gasteiger charge is 1.91. The zero-order valence-corrected chi connectivity index (χ0v) is 6.56. The second-order valence-electron chi connectivity index (χ2n) is 1.66. The molecule has 0 spiro atoms. The third-order valence-corrected chi connectivity index (χ3v) is 1.39. The molecule has 0 aromatic heterocycles. The van der Waals surface area contributed by atoms with E-state index in [0.29, 0.717) is 5.12 Å². The molecule has 44 valence electrons. The maximum atomic E-state index is 5.62. The molecule has 0 bridgehead atoms. The molecular weight excluding hydrogens is 126 g/mol. The van der Waals surface area contributed by atoms with E-state index in [-0.39, 0.29) is 0 Å². The average molecular weight is 139 g/mol. The molecule has 0 rings (SSSR count). The number of halogens is 1. The summed E-state index contributed by atoms with van der Waals surface area (Å²) >= 11 is 5.62. The van der Waals surface area contributed by atoms with Crippen molar-refractivity contribution in [1.29, 1.82) is 0 Å². The summed E-state index contributed by atoms with van der Waals surface area (Å²) in [6, 6.07) is 0. The van der Waals surface area contributed by atoms with Crippen LogP contribution in [0.3, 0.4) is 0 Å². The van der Waals surface area contributed by atoms with Crippen LogP contribution in [-0.4, -0.2) is 5.12 Å². The molecule has 0 aromatic rings. The third-order valence-electron chi connectivity index (χ3n) is 0.833. The van der Waals surface area contributed by atoms with Gasteiger partial charge in [0.1, 0.15) is 0 Å². The van der Waals surface area contributed by atoms with Crippen molar-refractivity contribution in [1.82, 2.24) is 0 Å². The van der Waals surface area contributed by atoms with Crippen molar-refractivity contribution in [3.8, 4) is 0 Å². The van der Waals surface area contributed by atoms with E-state index in [1.807, 2.05) is 0 Å². The molecule has 0 N–H and O–H groups in total. The molecule has 0 nitrogen and oxygen atoms in total. The summed E-state index contributed by atoms with van der Waals surface area (Å²) in [4.78, 5) is 0. The summed E-state index contributed by atoms with van der Waals surface area (Å²) in [7, 11) is 2.57. The molecule has 2 heteroatoms. The van der Waals surface area contributed by atoms with Crippen LogP contribution in [0.4, 0.5) is 0 Å². The van der Waals surface area contributed by atoms with Crippen LogP contribution >= 0.6 is 20.8 Å². The van der Waals surface area contributed by atoms with Gasteiger partial charge >= 0.3 is 0 Å². The summed E-state index contributed by atoms with van der Waals surface area (Å²) < 4.78 is 0. The molecule has 2 atom stereocenters. The molecule has 0 aliphatic carbocycles. The largest absolute Gasteiger partial charge is 0.119 e. The van der Waals surface area contributed by atoms with E-state index in [0.717, 1.165) is 6.42 Å². The molecule has 0 aliphatic rings. The zero-order valence-electron chi connectivity index (χ0n) is 4.65. The van der Waals surface area contributed by atoms with Crippen molar-refractivity contribution in [3.63, 3.8) is 0 Å². The van der Waals surface area contributed by atoms with Crippen molar-refractivity contribution in [3.05, 3.63) is 0 Å². The minimum Gasteiger partial charge on any atom is -0.119 e. The van der Waals surface area contributed by atoms with Gasteiger partial charge in [-0.05, 0) is 6.42 Å². The molecule has 0 amide bonds.